The fourth-order valence-corrected chi connectivity index (χ4v) is 7.06. The Bertz CT molecular complexity index is 1790. The van der Waals surface area contributed by atoms with Gasteiger partial charge in [-0.3, -0.25) is 19.6 Å². The summed E-state index contributed by atoms with van der Waals surface area (Å²) < 4.78 is 0.913. The molecule has 2 saturated heterocycles. The quantitative estimate of drug-likeness (QED) is 0.237. The van der Waals surface area contributed by atoms with Gasteiger partial charge in [-0.05, 0) is 47.9 Å². The number of nitrogens with one attached hydrogen (secondary N) is 1. The molecule has 0 bridgehead atoms. The number of benzene rings is 2. The first-order valence-corrected chi connectivity index (χ1v) is 16.3. The van der Waals surface area contributed by atoms with Crippen LogP contribution < -0.4 is 11.1 Å². The van der Waals surface area contributed by atoms with Crippen LogP contribution in [0.15, 0.2) is 54.7 Å². The van der Waals surface area contributed by atoms with Gasteiger partial charge in [0.1, 0.15) is 18.0 Å². The number of aromatic nitrogens is 2. The first kappa shape index (κ1) is 31.8. The summed E-state index contributed by atoms with van der Waals surface area (Å²) in [6, 6.07) is 12.8. The van der Waals surface area contributed by atoms with E-state index in [2.05, 4.69) is 15.3 Å². The number of urea groups is 1. The number of thiazole rings is 1. The molecule has 2 aliphatic heterocycles. The van der Waals surface area contributed by atoms with Crippen LogP contribution in [0.5, 0.6) is 5.75 Å². The van der Waals surface area contributed by atoms with Crippen LogP contribution in [0.1, 0.15) is 30.2 Å². The molecule has 6 rings (SSSR count). The molecule has 2 atom stereocenters. The largest absolute Gasteiger partial charge is 0.506 e. The van der Waals surface area contributed by atoms with E-state index in [0.29, 0.717) is 33.8 Å². The van der Waals surface area contributed by atoms with Gasteiger partial charge in [0.05, 0.1) is 39.5 Å². The van der Waals surface area contributed by atoms with E-state index in [1.54, 1.807) is 44.1 Å². The van der Waals surface area contributed by atoms with Crippen molar-refractivity contribution in [2.24, 2.45) is 0 Å². The highest BCUT2D eigenvalue weighted by Crippen LogP contribution is 2.32. The molecule has 0 radical (unpaired) electrons. The van der Waals surface area contributed by atoms with Crippen LogP contribution in [0.2, 0.25) is 10.0 Å². The SMILES string of the molecule is CCCN(C(=O)NCc1ccc(Cl)c(Cl)c1)N1CC(=O)N2[C@@H](Cc3ccc(O)cn3)C(=O)N(Cc3cccc4sc(N)nc34)C[C@@H]21. The molecule has 0 spiro atoms. The Kier molecular flexibility index (Phi) is 9.18. The molecule has 4 heterocycles. The van der Waals surface area contributed by atoms with Gasteiger partial charge in [0.2, 0.25) is 11.8 Å². The zero-order valence-corrected chi connectivity index (χ0v) is 27.2. The van der Waals surface area contributed by atoms with Crippen molar-refractivity contribution in [1.82, 2.24) is 35.1 Å². The van der Waals surface area contributed by atoms with Gasteiger partial charge in [-0.1, -0.05) is 59.7 Å². The zero-order chi connectivity index (χ0) is 32.5. The third-order valence-corrected chi connectivity index (χ3v) is 9.65. The van der Waals surface area contributed by atoms with E-state index in [1.807, 2.05) is 25.1 Å². The van der Waals surface area contributed by atoms with E-state index in [9.17, 15) is 19.5 Å². The first-order chi connectivity index (χ1) is 22.1. The Morgan fingerprint density at radius 3 is 2.74 bits per heavy atom. The number of piperazine rings is 1. The Labute approximate surface area is 279 Å². The van der Waals surface area contributed by atoms with Crippen LogP contribution in [0, 0.1) is 0 Å². The molecule has 12 nitrogen and oxygen atoms in total. The number of carbonyl (C=O) groups excluding carboxylic acids is 3. The summed E-state index contributed by atoms with van der Waals surface area (Å²) in [5.41, 5.74) is 8.87. The molecule has 4 N–H and O–H groups in total. The van der Waals surface area contributed by atoms with Crippen LogP contribution in [0.4, 0.5) is 9.93 Å². The predicted octanol–water partition coefficient (Wildman–Crippen LogP) is 4.25. The summed E-state index contributed by atoms with van der Waals surface area (Å²) in [5, 5.41) is 17.2. The summed E-state index contributed by atoms with van der Waals surface area (Å²) in [4.78, 5) is 53.6. The van der Waals surface area contributed by atoms with Crippen molar-refractivity contribution in [1.29, 1.82) is 0 Å². The molecule has 0 unspecified atom stereocenters. The van der Waals surface area contributed by atoms with Crippen LogP contribution in [0.25, 0.3) is 10.2 Å². The van der Waals surface area contributed by atoms with Crippen molar-refractivity contribution in [2.75, 3.05) is 25.4 Å². The van der Waals surface area contributed by atoms with Crippen LogP contribution >= 0.6 is 34.5 Å². The standard InChI is InChI=1S/C31H32Cl2N8O4S/c1-2-10-39(31(45)36-13-18-6-9-22(32)23(33)11-18)40-17-27(43)41-24(12-20-7-8-21(42)14-35-20)29(44)38(16-26(40)41)15-19-4-3-5-25-28(19)37-30(34)46-25/h3-9,11,14,24,26,42H,2,10,12-13,15-17H2,1H3,(H2,34,37)(H,36,45)/t24-,26+/m0/s1. The molecule has 0 aliphatic carbocycles. The van der Waals surface area contributed by atoms with Crippen molar-refractivity contribution in [3.63, 3.8) is 0 Å². The van der Waals surface area contributed by atoms with E-state index in [-0.39, 0.29) is 56.2 Å². The minimum absolute atomic E-state index is 0.000584. The number of carbonyl (C=O) groups is 3. The van der Waals surface area contributed by atoms with Crippen molar-refractivity contribution >= 4 is 67.7 Å². The molecule has 2 aromatic carbocycles. The highest BCUT2D eigenvalue weighted by atomic mass is 35.5. The van der Waals surface area contributed by atoms with Crippen LogP contribution in [-0.2, 0) is 29.1 Å². The van der Waals surface area contributed by atoms with Crippen molar-refractivity contribution in [3.8, 4) is 5.75 Å². The Morgan fingerprint density at radius 2 is 2.00 bits per heavy atom. The van der Waals surface area contributed by atoms with Gasteiger partial charge < -0.3 is 26.0 Å². The Balaban J connectivity index is 1.30. The van der Waals surface area contributed by atoms with Crippen molar-refractivity contribution in [3.05, 3.63) is 81.6 Å². The maximum atomic E-state index is 14.2. The molecule has 4 aromatic rings. The van der Waals surface area contributed by atoms with Gasteiger partial charge in [-0.15, -0.1) is 0 Å². The number of anilines is 1. The molecular formula is C31H32Cl2N8O4S. The smallest absolute Gasteiger partial charge is 0.332 e. The second kappa shape index (κ2) is 13.3. The monoisotopic (exact) mass is 682 g/mol. The summed E-state index contributed by atoms with van der Waals surface area (Å²) >= 11 is 13.6. The van der Waals surface area contributed by atoms with E-state index >= 15 is 0 Å². The number of rotatable bonds is 9. The lowest BCUT2D eigenvalue weighted by Gasteiger charge is -2.46. The maximum absolute atomic E-state index is 14.2. The highest BCUT2D eigenvalue weighted by molar-refractivity contribution is 7.22. The number of fused-ring (bicyclic) bond motifs is 2. The van der Waals surface area contributed by atoms with Gasteiger partial charge in [0.25, 0.3) is 0 Å². The summed E-state index contributed by atoms with van der Waals surface area (Å²) in [6.07, 6.45) is 1.46. The number of para-hydroxylation sites is 1. The summed E-state index contributed by atoms with van der Waals surface area (Å²) in [6.45, 7) is 2.82. The van der Waals surface area contributed by atoms with E-state index in [1.165, 1.54) is 23.6 Å². The molecule has 15 heteroatoms. The normalized spacial score (nSPS) is 18.3. The fraction of sp³-hybridized carbons (Fsp3) is 0.323. The van der Waals surface area contributed by atoms with Gasteiger partial charge in [0, 0.05) is 31.7 Å². The first-order valence-electron chi connectivity index (χ1n) is 14.8. The number of hydrogen-bond acceptors (Lipinski definition) is 9. The van der Waals surface area contributed by atoms with Crippen LogP contribution in [-0.4, -0.2) is 84.6 Å². The van der Waals surface area contributed by atoms with Crippen LogP contribution in [0.3, 0.4) is 0 Å². The molecule has 0 saturated carbocycles. The summed E-state index contributed by atoms with van der Waals surface area (Å²) in [5.74, 6) is -0.512. The highest BCUT2D eigenvalue weighted by Gasteiger charge is 2.52. The Hall–Kier alpha value is -4.17. The molecule has 2 aliphatic rings. The minimum Gasteiger partial charge on any atom is -0.506 e. The van der Waals surface area contributed by atoms with Gasteiger partial charge >= 0.3 is 6.03 Å². The molecule has 2 aromatic heterocycles. The molecule has 240 valence electrons. The maximum Gasteiger partial charge on any atom is 0.332 e. The van der Waals surface area contributed by atoms with E-state index in [0.717, 1.165) is 21.3 Å². The molecule has 2 fully saturated rings. The lowest BCUT2D eigenvalue weighted by Crippen LogP contribution is -2.66. The number of hydrazine groups is 1. The fourth-order valence-electron chi connectivity index (χ4n) is 5.96. The predicted molar refractivity (Wildman–Crippen MR) is 176 cm³/mol. The van der Waals surface area contributed by atoms with E-state index in [4.69, 9.17) is 28.9 Å². The lowest BCUT2D eigenvalue weighted by atomic mass is 10.0. The number of nitrogens with zero attached hydrogens (tertiary/aromatic N) is 6. The second-order valence-corrected chi connectivity index (χ2v) is 13.0. The average Bonchev–Trinajstić information content (AvgIpc) is 3.58. The van der Waals surface area contributed by atoms with E-state index < -0.39 is 12.2 Å². The lowest BCUT2D eigenvalue weighted by molar-refractivity contribution is -0.157. The molecular weight excluding hydrogens is 651 g/mol. The van der Waals surface area contributed by atoms with Crippen molar-refractivity contribution in [2.45, 2.75) is 45.1 Å². The average molecular weight is 684 g/mol. The third kappa shape index (κ3) is 6.41. The number of amides is 4. The van der Waals surface area contributed by atoms with Gasteiger partial charge in [-0.2, -0.15) is 5.01 Å². The molecule has 46 heavy (non-hydrogen) atoms. The zero-order valence-electron chi connectivity index (χ0n) is 24.9. The second-order valence-electron chi connectivity index (χ2n) is 11.2. The number of nitrogen functional groups attached to an aromatic ring is 1. The summed E-state index contributed by atoms with van der Waals surface area (Å²) in [7, 11) is 0. The number of halogens is 2. The minimum atomic E-state index is -0.879. The number of nitrogens with two attached hydrogens (primary N) is 1. The Morgan fingerprint density at radius 1 is 1.17 bits per heavy atom. The topological polar surface area (TPSA) is 148 Å². The van der Waals surface area contributed by atoms with Crippen molar-refractivity contribution < 1.29 is 19.5 Å². The number of pyridine rings is 1. The van der Waals surface area contributed by atoms with Gasteiger partial charge in [-0.25, -0.2) is 9.78 Å². The third-order valence-electron chi connectivity index (χ3n) is 8.07. The molecule has 4 amide bonds. The number of aromatic hydroxyl groups is 1. The van der Waals surface area contributed by atoms with Gasteiger partial charge in [0.15, 0.2) is 5.13 Å². The number of hydrogen-bond donors (Lipinski definition) is 3.